The molecule has 0 radical (unpaired) electrons. The van der Waals surface area contributed by atoms with Crippen LogP contribution in [0.3, 0.4) is 0 Å². The Labute approximate surface area is 108 Å². The predicted molar refractivity (Wildman–Crippen MR) is 70.5 cm³/mol. The van der Waals surface area contributed by atoms with Gasteiger partial charge in [0.2, 0.25) is 10.0 Å². The van der Waals surface area contributed by atoms with E-state index in [1.807, 2.05) is 18.2 Å². The molecule has 0 amide bonds. The molecule has 4 nitrogen and oxygen atoms in total. The number of benzene rings is 1. The van der Waals surface area contributed by atoms with Gasteiger partial charge < -0.3 is 5.11 Å². The highest BCUT2D eigenvalue weighted by atomic mass is 32.2. The van der Waals surface area contributed by atoms with Gasteiger partial charge in [0.15, 0.2) is 0 Å². The molecule has 0 saturated carbocycles. The lowest BCUT2D eigenvalue weighted by molar-refractivity contribution is 0.00935. The van der Waals surface area contributed by atoms with Crippen molar-refractivity contribution < 1.29 is 13.5 Å². The maximum absolute atomic E-state index is 12.3. The van der Waals surface area contributed by atoms with E-state index in [4.69, 9.17) is 0 Å². The first kappa shape index (κ1) is 13.5. The molecular formula is C13H19NO3S. The molecule has 1 saturated heterocycles. The molecule has 100 valence electrons. The van der Waals surface area contributed by atoms with E-state index in [-0.39, 0.29) is 12.3 Å². The van der Waals surface area contributed by atoms with Crippen LogP contribution < -0.4 is 0 Å². The van der Waals surface area contributed by atoms with Gasteiger partial charge in [-0.2, -0.15) is 4.31 Å². The number of nitrogens with zero attached hydrogens (tertiary/aromatic N) is 1. The summed E-state index contributed by atoms with van der Waals surface area (Å²) >= 11 is 0. The van der Waals surface area contributed by atoms with E-state index >= 15 is 0 Å². The summed E-state index contributed by atoms with van der Waals surface area (Å²) in [6, 6.07) is 9.13. The fourth-order valence-corrected chi connectivity index (χ4v) is 3.97. The van der Waals surface area contributed by atoms with Crippen molar-refractivity contribution in [1.82, 2.24) is 4.31 Å². The van der Waals surface area contributed by atoms with Crippen molar-refractivity contribution in [2.75, 3.05) is 13.1 Å². The second kappa shape index (κ2) is 4.99. The zero-order chi connectivity index (χ0) is 13.2. The Morgan fingerprint density at radius 2 is 2.00 bits per heavy atom. The molecule has 0 aliphatic carbocycles. The monoisotopic (exact) mass is 269 g/mol. The third-order valence-electron chi connectivity index (χ3n) is 3.23. The normalized spacial score (nSPS) is 26.1. The Morgan fingerprint density at radius 3 is 2.61 bits per heavy atom. The van der Waals surface area contributed by atoms with Gasteiger partial charge in [-0.05, 0) is 25.3 Å². The first-order valence-corrected chi connectivity index (χ1v) is 7.74. The maximum atomic E-state index is 12.3. The van der Waals surface area contributed by atoms with Crippen LogP contribution in [-0.2, 0) is 15.8 Å². The fraction of sp³-hybridized carbons (Fsp3) is 0.538. The average Bonchev–Trinajstić information content (AvgIpc) is 2.28. The zero-order valence-corrected chi connectivity index (χ0v) is 11.4. The summed E-state index contributed by atoms with van der Waals surface area (Å²) in [5.41, 5.74) is -0.120. The van der Waals surface area contributed by atoms with Crippen molar-refractivity contribution in [2.45, 2.75) is 31.1 Å². The molecule has 5 heteroatoms. The molecule has 2 rings (SSSR count). The zero-order valence-electron chi connectivity index (χ0n) is 10.5. The topological polar surface area (TPSA) is 57.6 Å². The van der Waals surface area contributed by atoms with Crippen LogP contribution in [0.15, 0.2) is 30.3 Å². The molecule has 0 spiro atoms. The van der Waals surface area contributed by atoms with E-state index in [2.05, 4.69) is 0 Å². The molecule has 1 aliphatic rings. The minimum absolute atomic E-state index is 0.00389. The van der Waals surface area contributed by atoms with Gasteiger partial charge >= 0.3 is 0 Å². The van der Waals surface area contributed by atoms with Crippen molar-refractivity contribution in [1.29, 1.82) is 0 Å². The van der Waals surface area contributed by atoms with E-state index in [1.54, 1.807) is 19.1 Å². The van der Waals surface area contributed by atoms with E-state index < -0.39 is 15.6 Å². The smallest absolute Gasteiger partial charge is 0.218 e. The molecule has 0 bridgehead atoms. The summed E-state index contributed by atoms with van der Waals surface area (Å²) in [6.07, 6.45) is 1.37. The van der Waals surface area contributed by atoms with Crippen molar-refractivity contribution >= 4 is 10.0 Å². The number of piperidine rings is 1. The summed E-state index contributed by atoms with van der Waals surface area (Å²) < 4.78 is 25.9. The average molecular weight is 269 g/mol. The SMILES string of the molecule is CC1(O)CCCN(S(=O)(=O)Cc2ccccc2)C1. The number of β-amino-alcohol motifs (C(OH)–C–C–N with tert-alkyl or cyclic N) is 1. The van der Waals surface area contributed by atoms with Crippen LogP contribution in [0.25, 0.3) is 0 Å². The van der Waals surface area contributed by atoms with Crippen LogP contribution in [0, 0.1) is 0 Å². The van der Waals surface area contributed by atoms with E-state index in [9.17, 15) is 13.5 Å². The predicted octanol–water partition coefficient (Wildman–Crippen LogP) is 1.36. The van der Waals surface area contributed by atoms with Crippen LogP contribution in [0.1, 0.15) is 25.3 Å². The van der Waals surface area contributed by atoms with Crippen molar-refractivity contribution in [3.05, 3.63) is 35.9 Å². The standard InChI is InChI=1S/C13H19NO3S/c1-13(15)8-5-9-14(11-13)18(16,17)10-12-6-3-2-4-7-12/h2-4,6-7,15H,5,8-11H2,1H3. The highest BCUT2D eigenvalue weighted by Crippen LogP contribution is 2.24. The van der Waals surface area contributed by atoms with Gasteiger partial charge in [0.05, 0.1) is 11.4 Å². The molecule has 1 atom stereocenters. The fourth-order valence-electron chi connectivity index (χ4n) is 2.29. The minimum Gasteiger partial charge on any atom is -0.389 e. The number of sulfonamides is 1. The van der Waals surface area contributed by atoms with Gasteiger partial charge in [-0.3, -0.25) is 0 Å². The van der Waals surface area contributed by atoms with Crippen LogP contribution in [0.2, 0.25) is 0 Å². The van der Waals surface area contributed by atoms with Gasteiger partial charge in [-0.15, -0.1) is 0 Å². The lowest BCUT2D eigenvalue weighted by Crippen LogP contribution is -2.48. The van der Waals surface area contributed by atoms with E-state index in [0.29, 0.717) is 19.4 Å². The molecule has 0 aromatic heterocycles. The summed E-state index contributed by atoms with van der Waals surface area (Å²) in [7, 11) is -3.33. The number of hydrogen-bond donors (Lipinski definition) is 1. The Balaban J connectivity index is 2.12. The molecule has 1 heterocycles. The van der Waals surface area contributed by atoms with Gasteiger partial charge in [0, 0.05) is 13.1 Å². The van der Waals surface area contributed by atoms with Crippen molar-refractivity contribution in [3.63, 3.8) is 0 Å². The van der Waals surface area contributed by atoms with Gasteiger partial charge in [0.25, 0.3) is 0 Å². The van der Waals surface area contributed by atoms with Crippen molar-refractivity contribution in [2.24, 2.45) is 0 Å². The third-order valence-corrected chi connectivity index (χ3v) is 5.02. The molecule has 18 heavy (non-hydrogen) atoms. The molecule has 1 aromatic rings. The molecule has 1 fully saturated rings. The summed E-state index contributed by atoms with van der Waals surface area (Å²) in [6.45, 7) is 2.39. The molecule has 1 N–H and O–H groups in total. The Bertz CT molecular complexity index is 496. The first-order chi connectivity index (χ1) is 8.39. The summed E-state index contributed by atoms with van der Waals surface area (Å²) in [5.74, 6) is 0.00389. The van der Waals surface area contributed by atoms with Crippen LogP contribution in [0.4, 0.5) is 0 Å². The highest BCUT2D eigenvalue weighted by Gasteiger charge is 2.34. The van der Waals surface area contributed by atoms with Gasteiger partial charge in [0.1, 0.15) is 0 Å². The number of aliphatic hydroxyl groups is 1. The third kappa shape index (κ3) is 3.31. The minimum atomic E-state index is -3.33. The Morgan fingerprint density at radius 1 is 1.33 bits per heavy atom. The second-order valence-corrected chi connectivity index (χ2v) is 7.14. The van der Waals surface area contributed by atoms with Crippen molar-refractivity contribution in [3.8, 4) is 0 Å². The largest absolute Gasteiger partial charge is 0.389 e. The maximum Gasteiger partial charge on any atom is 0.218 e. The van der Waals surface area contributed by atoms with Crippen LogP contribution >= 0.6 is 0 Å². The molecular weight excluding hydrogens is 250 g/mol. The molecule has 1 aromatic carbocycles. The number of rotatable bonds is 3. The Kier molecular flexibility index (Phi) is 3.75. The highest BCUT2D eigenvalue weighted by molar-refractivity contribution is 7.88. The van der Waals surface area contributed by atoms with E-state index in [0.717, 1.165) is 5.56 Å². The summed E-state index contributed by atoms with van der Waals surface area (Å²) in [4.78, 5) is 0. The first-order valence-electron chi connectivity index (χ1n) is 6.13. The lowest BCUT2D eigenvalue weighted by Gasteiger charge is -2.35. The Hall–Kier alpha value is -0.910. The quantitative estimate of drug-likeness (QED) is 0.901. The van der Waals surface area contributed by atoms with E-state index in [1.165, 1.54) is 4.31 Å². The number of hydrogen-bond acceptors (Lipinski definition) is 3. The van der Waals surface area contributed by atoms with Crippen LogP contribution in [0.5, 0.6) is 0 Å². The molecule has 1 aliphatic heterocycles. The van der Waals surface area contributed by atoms with Gasteiger partial charge in [-0.1, -0.05) is 30.3 Å². The molecule has 1 unspecified atom stereocenters. The second-order valence-electron chi connectivity index (χ2n) is 5.18. The van der Waals surface area contributed by atoms with Crippen LogP contribution in [-0.4, -0.2) is 36.5 Å². The lowest BCUT2D eigenvalue weighted by atomic mass is 9.97. The van der Waals surface area contributed by atoms with Gasteiger partial charge in [-0.25, -0.2) is 8.42 Å². The summed E-state index contributed by atoms with van der Waals surface area (Å²) in [5, 5.41) is 9.97.